The third-order valence-electron chi connectivity index (χ3n) is 3.11. The molecule has 1 aromatic rings. The molecule has 1 aromatic carbocycles. The normalized spacial score (nSPS) is 35.3. The first-order chi connectivity index (χ1) is 9.13. The molecule has 5 atom stereocenters. The van der Waals surface area contributed by atoms with Crippen LogP contribution in [0.1, 0.15) is 5.56 Å². The lowest BCUT2D eigenvalue weighted by molar-refractivity contribution is -0.304. The summed E-state index contributed by atoms with van der Waals surface area (Å²) in [7, 11) is 0. The summed E-state index contributed by atoms with van der Waals surface area (Å²) in [6.45, 7) is -0.264. The highest BCUT2D eigenvalue weighted by Crippen LogP contribution is 2.22. The van der Waals surface area contributed by atoms with Gasteiger partial charge in [-0.3, -0.25) is 0 Å². The van der Waals surface area contributed by atoms with Crippen molar-refractivity contribution in [3.05, 3.63) is 35.9 Å². The molecule has 1 fully saturated rings. The maximum absolute atomic E-state index is 9.76. The fraction of sp³-hybridized carbons (Fsp3) is 0.538. The fourth-order valence-corrected chi connectivity index (χ4v) is 1.96. The fourth-order valence-electron chi connectivity index (χ4n) is 1.96. The van der Waals surface area contributed by atoms with Gasteiger partial charge in [-0.05, 0) is 5.56 Å². The van der Waals surface area contributed by atoms with E-state index in [2.05, 4.69) is 0 Å². The van der Waals surface area contributed by atoms with Gasteiger partial charge in [-0.15, -0.1) is 0 Å². The predicted molar refractivity (Wildman–Crippen MR) is 65.0 cm³/mol. The molecule has 6 heteroatoms. The molecule has 1 aliphatic heterocycles. The van der Waals surface area contributed by atoms with Gasteiger partial charge >= 0.3 is 0 Å². The first kappa shape index (κ1) is 14.4. The second-order valence-electron chi connectivity index (χ2n) is 4.49. The first-order valence-electron chi connectivity index (χ1n) is 6.09. The molecule has 0 bridgehead atoms. The molecule has 2 rings (SSSR count). The lowest BCUT2D eigenvalue weighted by Gasteiger charge is -2.39. The van der Waals surface area contributed by atoms with Crippen molar-refractivity contribution in [3.63, 3.8) is 0 Å². The van der Waals surface area contributed by atoms with Crippen molar-refractivity contribution >= 4 is 0 Å². The van der Waals surface area contributed by atoms with Crippen LogP contribution in [0, 0.1) is 0 Å². The van der Waals surface area contributed by atoms with Crippen molar-refractivity contribution < 1.29 is 29.9 Å². The van der Waals surface area contributed by atoms with E-state index in [4.69, 9.17) is 14.6 Å². The lowest BCUT2D eigenvalue weighted by Crippen LogP contribution is -2.59. The Morgan fingerprint density at radius 3 is 2.32 bits per heavy atom. The smallest absolute Gasteiger partial charge is 0.187 e. The highest BCUT2D eigenvalue weighted by atomic mass is 16.7. The first-order valence-corrected chi connectivity index (χ1v) is 6.09. The Morgan fingerprint density at radius 1 is 1.00 bits per heavy atom. The molecule has 1 heterocycles. The van der Waals surface area contributed by atoms with Crippen LogP contribution in [0.2, 0.25) is 0 Å². The molecular formula is C13H18O6. The largest absolute Gasteiger partial charge is 0.394 e. The van der Waals surface area contributed by atoms with Crippen molar-refractivity contribution in [1.82, 2.24) is 0 Å². The van der Waals surface area contributed by atoms with Gasteiger partial charge in [0, 0.05) is 0 Å². The number of aliphatic hydroxyl groups excluding tert-OH is 4. The Hall–Kier alpha value is -1.02. The van der Waals surface area contributed by atoms with Gasteiger partial charge in [-0.1, -0.05) is 30.3 Å². The Labute approximate surface area is 110 Å². The molecular weight excluding hydrogens is 252 g/mol. The summed E-state index contributed by atoms with van der Waals surface area (Å²) >= 11 is 0. The van der Waals surface area contributed by atoms with Crippen molar-refractivity contribution in [2.24, 2.45) is 0 Å². The quantitative estimate of drug-likeness (QED) is 0.560. The maximum atomic E-state index is 9.76. The van der Waals surface area contributed by atoms with Crippen molar-refractivity contribution in [2.75, 3.05) is 6.61 Å². The van der Waals surface area contributed by atoms with E-state index in [9.17, 15) is 15.3 Å². The summed E-state index contributed by atoms with van der Waals surface area (Å²) in [6.07, 6.45) is -6.17. The minimum absolute atomic E-state index is 0.198. The van der Waals surface area contributed by atoms with E-state index >= 15 is 0 Å². The summed E-state index contributed by atoms with van der Waals surface area (Å²) in [6, 6.07) is 9.28. The van der Waals surface area contributed by atoms with Gasteiger partial charge in [-0.25, -0.2) is 0 Å². The molecule has 1 saturated heterocycles. The van der Waals surface area contributed by atoms with Gasteiger partial charge < -0.3 is 29.9 Å². The highest BCUT2D eigenvalue weighted by Gasteiger charge is 2.43. The van der Waals surface area contributed by atoms with Crippen LogP contribution >= 0.6 is 0 Å². The van der Waals surface area contributed by atoms with Gasteiger partial charge in [0.05, 0.1) is 13.2 Å². The molecule has 0 radical (unpaired) electrons. The van der Waals surface area contributed by atoms with Crippen LogP contribution in [0.5, 0.6) is 0 Å². The van der Waals surface area contributed by atoms with E-state index in [0.717, 1.165) is 5.56 Å². The highest BCUT2D eigenvalue weighted by molar-refractivity contribution is 5.13. The number of rotatable bonds is 4. The monoisotopic (exact) mass is 270 g/mol. The average molecular weight is 270 g/mol. The van der Waals surface area contributed by atoms with Crippen LogP contribution in [0.4, 0.5) is 0 Å². The van der Waals surface area contributed by atoms with Gasteiger partial charge in [0.15, 0.2) is 6.29 Å². The zero-order chi connectivity index (χ0) is 13.8. The van der Waals surface area contributed by atoms with E-state index in [1.54, 1.807) is 0 Å². The van der Waals surface area contributed by atoms with Crippen LogP contribution in [0.3, 0.4) is 0 Å². The molecule has 6 nitrogen and oxygen atoms in total. The lowest BCUT2D eigenvalue weighted by atomic mass is 9.99. The molecule has 0 aromatic heterocycles. The Kier molecular flexibility index (Phi) is 4.87. The van der Waals surface area contributed by atoms with Gasteiger partial charge in [0.2, 0.25) is 0 Å². The van der Waals surface area contributed by atoms with Crippen LogP contribution in [-0.4, -0.2) is 57.7 Å². The van der Waals surface area contributed by atoms with Crippen LogP contribution in [0.25, 0.3) is 0 Å². The topological polar surface area (TPSA) is 99.4 Å². The predicted octanol–water partition coefficient (Wildman–Crippen LogP) is -0.997. The maximum Gasteiger partial charge on any atom is 0.187 e. The van der Waals surface area contributed by atoms with Crippen molar-refractivity contribution in [2.45, 2.75) is 37.3 Å². The molecule has 19 heavy (non-hydrogen) atoms. The zero-order valence-corrected chi connectivity index (χ0v) is 10.3. The van der Waals surface area contributed by atoms with Gasteiger partial charge in [-0.2, -0.15) is 0 Å². The van der Waals surface area contributed by atoms with Crippen LogP contribution in [-0.2, 0) is 16.1 Å². The van der Waals surface area contributed by atoms with Gasteiger partial charge in [0.25, 0.3) is 0 Å². The molecule has 0 aliphatic carbocycles. The Balaban J connectivity index is 1.95. The minimum Gasteiger partial charge on any atom is -0.394 e. The summed E-state index contributed by atoms with van der Waals surface area (Å²) in [4.78, 5) is 0. The van der Waals surface area contributed by atoms with E-state index in [1.807, 2.05) is 30.3 Å². The third-order valence-corrected chi connectivity index (χ3v) is 3.11. The van der Waals surface area contributed by atoms with Crippen molar-refractivity contribution in [3.8, 4) is 0 Å². The standard InChI is InChI=1S/C13H18O6/c14-6-9-10(15)11(16)12(17)13(19-9)18-7-8-4-2-1-3-5-8/h1-5,9-17H,6-7H2/t9?,10-,11+,12?,13-/m1/s1. The van der Waals surface area contributed by atoms with E-state index in [0.29, 0.717) is 0 Å². The number of aliphatic hydroxyl groups is 4. The molecule has 0 saturated carbocycles. The summed E-state index contributed by atoms with van der Waals surface area (Å²) < 4.78 is 10.6. The number of hydrogen-bond acceptors (Lipinski definition) is 6. The third kappa shape index (κ3) is 3.30. The second kappa shape index (κ2) is 6.42. The second-order valence-corrected chi connectivity index (χ2v) is 4.49. The number of benzene rings is 1. The van der Waals surface area contributed by atoms with Crippen molar-refractivity contribution in [1.29, 1.82) is 0 Å². The van der Waals surface area contributed by atoms with E-state index in [-0.39, 0.29) is 6.61 Å². The average Bonchev–Trinajstić information content (AvgIpc) is 2.45. The molecule has 0 amide bonds. The summed E-state index contributed by atoms with van der Waals surface area (Å²) in [5.41, 5.74) is 0.888. The molecule has 2 unspecified atom stereocenters. The molecule has 4 N–H and O–H groups in total. The Bertz CT molecular complexity index is 382. The Morgan fingerprint density at radius 2 is 1.68 bits per heavy atom. The molecule has 0 spiro atoms. The summed E-state index contributed by atoms with van der Waals surface area (Å²) in [5, 5.41) is 38.0. The summed E-state index contributed by atoms with van der Waals surface area (Å²) in [5.74, 6) is 0. The van der Waals surface area contributed by atoms with Gasteiger partial charge in [0.1, 0.15) is 24.4 Å². The molecule has 1 aliphatic rings. The molecule has 106 valence electrons. The SMILES string of the molecule is OCC1O[C@@H](OCc2ccccc2)C(O)[C@@H](O)[C@@H]1O. The van der Waals surface area contributed by atoms with Crippen LogP contribution in [0.15, 0.2) is 30.3 Å². The van der Waals surface area contributed by atoms with E-state index in [1.165, 1.54) is 0 Å². The minimum atomic E-state index is -1.41. The van der Waals surface area contributed by atoms with Crippen LogP contribution < -0.4 is 0 Å². The number of ether oxygens (including phenoxy) is 2. The number of hydrogen-bond donors (Lipinski definition) is 4. The van der Waals surface area contributed by atoms with E-state index < -0.39 is 37.3 Å². The zero-order valence-electron chi connectivity index (χ0n) is 10.3.